The molecule has 0 amide bonds. The van der Waals surface area contributed by atoms with Gasteiger partial charge in [0.25, 0.3) is 5.88 Å². The van der Waals surface area contributed by atoms with Crippen molar-refractivity contribution >= 4 is 23.1 Å². The number of imidazole rings is 1. The normalized spacial score (nSPS) is 10.6. The van der Waals surface area contributed by atoms with Crippen LogP contribution in [0.3, 0.4) is 0 Å². The van der Waals surface area contributed by atoms with E-state index in [1.807, 2.05) is 0 Å². The lowest BCUT2D eigenvalue weighted by atomic mass is 10.3. The van der Waals surface area contributed by atoms with Crippen molar-refractivity contribution in [2.75, 3.05) is 5.43 Å². The molecule has 6 nitrogen and oxygen atoms in total. The third-order valence-electron chi connectivity index (χ3n) is 2.50. The van der Waals surface area contributed by atoms with Crippen LogP contribution in [0.25, 0.3) is 5.65 Å². The quantitative estimate of drug-likeness (QED) is 0.567. The Labute approximate surface area is 113 Å². The second kappa shape index (κ2) is 4.75. The minimum absolute atomic E-state index is 0.350. The fourth-order valence-electron chi connectivity index (χ4n) is 1.68. The van der Waals surface area contributed by atoms with Crippen molar-refractivity contribution in [2.45, 2.75) is 0 Å². The number of nitrogen functional groups attached to an aromatic ring is 1. The largest absolute Gasteiger partial charge is 0.436 e. The number of nitrogens with one attached hydrogen (secondary N) is 1. The molecule has 0 bridgehead atoms. The molecule has 3 aromatic rings. The van der Waals surface area contributed by atoms with Crippen molar-refractivity contribution in [1.29, 1.82) is 0 Å². The van der Waals surface area contributed by atoms with Gasteiger partial charge in [-0.05, 0) is 18.2 Å². The number of ether oxygens (including phenoxy) is 1. The number of aromatic nitrogens is 3. The van der Waals surface area contributed by atoms with Crippen LogP contribution in [0.15, 0.2) is 42.9 Å². The zero-order valence-electron chi connectivity index (χ0n) is 9.75. The Morgan fingerprint density at radius 2 is 2.26 bits per heavy atom. The smallest absolute Gasteiger partial charge is 0.265 e. The first-order chi connectivity index (χ1) is 9.26. The zero-order valence-corrected chi connectivity index (χ0v) is 10.5. The highest BCUT2D eigenvalue weighted by molar-refractivity contribution is 6.30. The average molecular weight is 276 g/mol. The summed E-state index contributed by atoms with van der Waals surface area (Å²) < 4.78 is 7.46. The van der Waals surface area contributed by atoms with E-state index < -0.39 is 0 Å². The van der Waals surface area contributed by atoms with E-state index in [0.29, 0.717) is 28.1 Å². The van der Waals surface area contributed by atoms with Crippen molar-refractivity contribution in [3.05, 3.63) is 47.9 Å². The molecule has 7 heteroatoms. The van der Waals surface area contributed by atoms with Crippen LogP contribution in [-0.2, 0) is 0 Å². The van der Waals surface area contributed by atoms with Gasteiger partial charge in [0.2, 0.25) is 5.65 Å². The molecule has 0 radical (unpaired) electrons. The van der Waals surface area contributed by atoms with E-state index in [9.17, 15) is 0 Å². The highest BCUT2D eigenvalue weighted by Gasteiger charge is 2.09. The summed E-state index contributed by atoms with van der Waals surface area (Å²) in [6.45, 7) is 0. The van der Waals surface area contributed by atoms with E-state index in [2.05, 4.69) is 15.4 Å². The molecule has 0 fully saturated rings. The lowest BCUT2D eigenvalue weighted by Crippen LogP contribution is -2.10. The Morgan fingerprint density at radius 1 is 1.37 bits per heavy atom. The molecule has 0 aliphatic carbocycles. The number of hydrogen-bond acceptors (Lipinski definition) is 5. The van der Waals surface area contributed by atoms with E-state index in [1.165, 1.54) is 0 Å². The maximum absolute atomic E-state index is 5.91. The summed E-state index contributed by atoms with van der Waals surface area (Å²) in [5.74, 6) is 6.78. The van der Waals surface area contributed by atoms with Gasteiger partial charge in [0.15, 0.2) is 5.82 Å². The first-order valence-electron chi connectivity index (χ1n) is 5.50. The topological polar surface area (TPSA) is 77.5 Å². The van der Waals surface area contributed by atoms with Gasteiger partial charge in [-0.1, -0.05) is 17.7 Å². The van der Waals surface area contributed by atoms with Crippen LogP contribution in [-0.4, -0.2) is 14.4 Å². The fourth-order valence-corrected chi connectivity index (χ4v) is 1.86. The molecule has 0 spiro atoms. The lowest BCUT2D eigenvalue weighted by molar-refractivity contribution is 0.465. The molecule has 2 heterocycles. The van der Waals surface area contributed by atoms with Crippen LogP contribution >= 0.6 is 11.6 Å². The Hall–Kier alpha value is -2.31. The molecular formula is C12H10ClN5O. The monoisotopic (exact) mass is 275 g/mol. The number of anilines is 1. The standard InChI is InChI=1S/C12H10ClN5O/c13-8-2-1-3-9(6-8)19-12-11-15-4-5-18(11)7-10(16-12)17-14/h1-7,17H,14H2. The molecule has 2 aromatic heterocycles. The number of nitrogens with zero attached hydrogens (tertiary/aromatic N) is 3. The summed E-state index contributed by atoms with van der Waals surface area (Å²) in [5.41, 5.74) is 3.08. The van der Waals surface area contributed by atoms with Gasteiger partial charge < -0.3 is 10.2 Å². The predicted octanol–water partition coefficient (Wildman–Crippen LogP) is 2.46. The first-order valence-corrected chi connectivity index (χ1v) is 5.88. The number of fused-ring (bicyclic) bond motifs is 1. The second-order valence-corrected chi connectivity index (χ2v) is 4.23. The van der Waals surface area contributed by atoms with Gasteiger partial charge >= 0.3 is 0 Å². The van der Waals surface area contributed by atoms with E-state index in [0.717, 1.165) is 0 Å². The number of benzene rings is 1. The first kappa shape index (κ1) is 11.8. The zero-order chi connectivity index (χ0) is 13.2. The lowest BCUT2D eigenvalue weighted by Gasteiger charge is -2.08. The van der Waals surface area contributed by atoms with E-state index in [4.69, 9.17) is 22.2 Å². The molecule has 96 valence electrons. The Balaban J connectivity index is 2.06. The van der Waals surface area contributed by atoms with E-state index in [-0.39, 0.29) is 0 Å². The van der Waals surface area contributed by atoms with Gasteiger partial charge in [0.05, 0.1) is 6.20 Å². The van der Waals surface area contributed by atoms with Crippen molar-refractivity contribution in [3.8, 4) is 11.6 Å². The van der Waals surface area contributed by atoms with Gasteiger partial charge in [0, 0.05) is 17.4 Å². The summed E-state index contributed by atoms with van der Waals surface area (Å²) in [5, 5.41) is 0.588. The molecule has 3 rings (SSSR count). The van der Waals surface area contributed by atoms with Crippen molar-refractivity contribution in [2.24, 2.45) is 5.84 Å². The van der Waals surface area contributed by atoms with Gasteiger partial charge in [0.1, 0.15) is 5.75 Å². The van der Waals surface area contributed by atoms with Crippen molar-refractivity contribution in [3.63, 3.8) is 0 Å². The summed E-state index contributed by atoms with van der Waals surface area (Å²) in [6.07, 6.45) is 5.15. The van der Waals surface area contributed by atoms with Gasteiger partial charge in [-0.15, -0.1) is 0 Å². The molecular weight excluding hydrogens is 266 g/mol. The summed E-state index contributed by atoms with van der Waals surface area (Å²) in [7, 11) is 0. The summed E-state index contributed by atoms with van der Waals surface area (Å²) in [4.78, 5) is 8.42. The Kier molecular flexibility index (Phi) is 2.94. The highest BCUT2D eigenvalue weighted by atomic mass is 35.5. The van der Waals surface area contributed by atoms with Crippen molar-refractivity contribution in [1.82, 2.24) is 14.4 Å². The summed E-state index contributed by atoms with van der Waals surface area (Å²) in [6, 6.07) is 7.05. The molecule has 3 N–H and O–H groups in total. The summed E-state index contributed by atoms with van der Waals surface area (Å²) >= 11 is 5.91. The van der Waals surface area contributed by atoms with Gasteiger partial charge in [-0.3, -0.25) is 4.40 Å². The molecule has 0 unspecified atom stereocenters. The fraction of sp³-hybridized carbons (Fsp3) is 0. The number of halogens is 1. The molecule has 1 aromatic carbocycles. The Bertz CT molecular complexity index is 727. The third kappa shape index (κ3) is 2.31. The predicted molar refractivity (Wildman–Crippen MR) is 72.3 cm³/mol. The van der Waals surface area contributed by atoms with Crippen LogP contribution in [0, 0.1) is 0 Å². The Morgan fingerprint density at radius 3 is 3.05 bits per heavy atom. The minimum atomic E-state index is 0.350. The van der Waals surface area contributed by atoms with Crippen LogP contribution in [0.1, 0.15) is 0 Å². The van der Waals surface area contributed by atoms with Crippen LogP contribution in [0.5, 0.6) is 11.6 Å². The van der Waals surface area contributed by atoms with Crippen LogP contribution < -0.4 is 16.0 Å². The molecule has 0 aliphatic rings. The molecule has 0 saturated carbocycles. The van der Waals surface area contributed by atoms with Crippen molar-refractivity contribution < 1.29 is 4.74 Å². The van der Waals surface area contributed by atoms with Gasteiger partial charge in [-0.25, -0.2) is 10.8 Å². The molecule has 0 atom stereocenters. The van der Waals surface area contributed by atoms with E-state index >= 15 is 0 Å². The minimum Gasteiger partial charge on any atom is -0.436 e. The maximum atomic E-state index is 5.91. The highest BCUT2D eigenvalue weighted by Crippen LogP contribution is 2.26. The maximum Gasteiger partial charge on any atom is 0.265 e. The van der Waals surface area contributed by atoms with Crippen LogP contribution in [0.2, 0.25) is 5.02 Å². The molecule has 0 aliphatic heterocycles. The van der Waals surface area contributed by atoms with Crippen LogP contribution in [0.4, 0.5) is 5.82 Å². The number of rotatable bonds is 3. The average Bonchev–Trinajstić information content (AvgIpc) is 2.87. The molecule has 0 saturated heterocycles. The number of hydrogen-bond donors (Lipinski definition) is 2. The SMILES string of the molecule is NNc1cn2ccnc2c(Oc2cccc(Cl)c2)n1. The second-order valence-electron chi connectivity index (χ2n) is 3.79. The van der Waals surface area contributed by atoms with E-state index in [1.54, 1.807) is 47.3 Å². The number of hydrazine groups is 1. The molecule has 19 heavy (non-hydrogen) atoms. The van der Waals surface area contributed by atoms with Gasteiger partial charge in [-0.2, -0.15) is 4.98 Å². The third-order valence-corrected chi connectivity index (χ3v) is 2.74. The number of nitrogens with two attached hydrogens (primary N) is 1.